The van der Waals surface area contributed by atoms with Crippen molar-refractivity contribution >= 4 is 71.1 Å². The van der Waals surface area contributed by atoms with Gasteiger partial charge in [0.05, 0.1) is 57.2 Å². The van der Waals surface area contributed by atoms with Crippen LogP contribution in [0.3, 0.4) is 0 Å². The molecular weight excluding hydrogens is 671 g/mol. The van der Waals surface area contributed by atoms with Crippen molar-refractivity contribution in [3.8, 4) is 34.3 Å². The highest BCUT2D eigenvalue weighted by molar-refractivity contribution is 6.16. The van der Waals surface area contributed by atoms with Crippen LogP contribution >= 0.6 is 0 Å². The number of benzene rings is 8. The highest BCUT2D eigenvalue weighted by Gasteiger charge is 2.21. The Morgan fingerprint density at radius 1 is 0.436 bits per heavy atom. The van der Waals surface area contributed by atoms with E-state index in [1.54, 1.807) is 0 Å². The van der Waals surface area contributed by atoms with Gasteiger partial charge in [0, 0.05) is 49.1 Å². The van der Waals surface area contributed by atoms with Crippen molar-refractivity contribution in [2.75, 3.05) is 0 Å². The van der Waals surface area contributed by atoms with E-state index >= 15 is 0 Å². The highest BCUT2D eigenvalue weighted by Crippen LogP contribution is 2.42. The molecule has 0 saturated heterocycles. The number of fused-ring (bicyclic) bond motifs is 9. The average molecular weight is 700 g/mol. The van der Waals surface area contributed by atoms with Crippen LogP contribution in [0.15, 0.2) is 176 Å². The van der Waals surface area contributed by atoms with Gasteiger partial charge in [-0.3, -0.25) is 0 Å². The van der Waals surface area contributed by atoms with Crippen molar-refractivity contribution in [3.05, 3.63) is 193 Å². The Kier molecular flexibility index (Phi) is 6.61. The van der Waals surface area contributed by atoms with Gasteiger partial charge in [0.2, 0.25) is 0 Å². The van der Waals surface area contributed by atoms with E-state index in [4.69, 9.17) is 6.57 Å². The first-order chi connectivity index (χ1) is 27.2. The second-order valence-corrected chi connectivity index (χ2v) is 13.9. The second-order valence-electron chi connectivity index (χ2n) is 13.9. The Morgan fingerprint density at radius 3 is 1.56 bits per heavy atom. The van der Waals surface area contributed by atoms with Crippen molar-refractivity contribution < 1.29 is 0 Å². The normalized spacial score (nSPS) is 11.6. The molecule has 8 aromatic carbocycles. The van der Waals surface area contributed by atoms with Crippen LogP contribution in [0.25, 0.3) is 98.5 Å². The molecule has 0 saturated carbocycles. The predicted molar refractivity (Wildman–Crippen MR) is 226 cm³/mol. The summed E-state index contributed by atoms with van der Waals surface area (Å²) in [5, 5.41) is 17.5. The van der Waals surface area contributed by atoms with Crippen LogP contribution in [-0.4, -0.2) is 13.7 Å². The first-order valence-corrected chi connectivity index (χ1v) is 18.3. The summed E-state index contributed by atoms with van der Waals surface area (Å²) >= 11 is 0. The molecule has 0 bridgehead atoms. The molecule has 0 amide bonds. The van der Waals surface area contributed by atoms with E-state index in [0.29, 0.717) is 11.3 Å². The van der Waals surface area contributed by atoms with Gasteiger partial charge in [0.15, 0.2) is 5.69 Å². The second kappa shape index (κ2) is 11.8. The number of aromatic nitrogens is 3. The molecule has 5 heteroatoms. The van der Waals surface area contributed by atoms with Crippen molar-refractivity contribution in [1.82, 2.24) is 13.7 Å². The van der Waals surface area contributed by atoms with Crippen LogP contribution in [0, 0.1) is 17.9 Å². The van der Waals surface area contributed by atoms with Gasteiger partial charge in [-0.25, -0.2) is 4.85 Å². The molecule has 11 aromatic rings. The van der Waals surface area contributed by atoms with Gasteiger partial charge < -0.3 is 13.7 Å². The summed E-state index contributed by atoms with van der Waals surface area (Å²) in [6.45, 7) is 7.73. The van der Waals surface area contributed by atoms with E-state index < -0.39 is 0 Å². The van der Waals surface area contributed by atoms with Crippen molar-refractivity contribution in [1.29, 1.82) is 5.26 Å². The minimum absolute atomic E-state index is 0.575. The zero-order valence-corrected chi connectivity index (χ0v) is 29.5. The number of rotatable bonds is 4. The number of hydrogen-bond acceptors (Lipinski definition) is 1. The smallest absolute Gasteiger partial charge is 0.189 e. The lowest BCUT2D eigenvalue weighted by atomic mass is 9.97. The van der Waals surface area contributed by atoms with Crippen molar-refractivity contribution in [2.24, 2.45) is 0 Å². The average Bonchev–Trinajstić information content (AvgIpc) is 3.89. The molecule has 11 rings (SSSR count). The maximum absolute atomic E-state index is 10.5. The highest BCUT2D eigenvalue weighted by atomic mass is 15.0. The zero-order valence-electron chi connectivity index (χ0n) is 29.5. The quantitative estimate of drug-likeness (QED) is 0.169. The lowest BCUT2D eigenvalue weighted by Gasteiger charge is -2.16. The van der Waals surface area contributed by atoms with Crippen molar-refractivity contribution in [3.63, 3.8) is 0 Å². The summed E-state index contributed by atoms with van der Waals surface area (Å²) in [6.07, 6.45) is 0. The number of para-hydroxylation sites is 4. The van der Waals surface area contributed by atoms with Crippen molar-refractivity contribution in [2.45, 2.75) is 0 Å². The summed E-state index contributed by atoms with van der Waals surface area (Å²) in [5.41, 5.74) is 12.6. The molecule has 0 aliphatic rings. The van der Waals surface area contributed by atoms with Gasteiger partial charge in [-0.15, -0.1) is 0 Å². The maximum atomic E-state index is 10.5. The van der Waals surface area contributed by atoms with Gasteiger partial charge >= 0.3 is 0 Å². The minimum Gasteiger partial charge on any atom is -0.310 e. The van der Waals surface area contributed by atoms with E-state index in [1.807, 2.05) is 42.5 Å². The van der Waals surface area contributed by atoms with Gasteiger partial charge in [-0.2, -0.15) is 5.26 Å². The molecule has 0 N–H and O–H groups in total. The first-order valence-electron chi connectivity index (χ1n) is 18.3. The van der Waals surface area contributed by atoms with Crippen LogP contribution in [-0.2, 0) is 0 Å². The van der Waals surface area contributed by atoms with E-state index in [-0.39, 0.29) is 0 Å². The number of nitrogens with zero attached hydrogens (tertiary/aromatic N) is 5. The van der Waals surface area contributed by atoms with Gasteiger partial charge in [-0.05, 0) is 72.3 Å². The van der Waals surface area contributed by atoms with Crippen LogP contribution in [0.4, 0.5) is 5.69 Å². The molecule has 0 fully saturated rings. The number of nitriles is 1. The molecule has 0 radical (unpaired) electrons. The molecule has 0 unspecified atom stereocenters. The third-order valence-corrected chi connectivity index (χ3v) is 11.1. The van der Waals surface area contributed by atoms with E-state index in [9.17, 15) is 5.26 Å². The van der Waals surface area contributed by atoms with Crippen LogP contribution in [0.5, 0.6) is 0 Å². The van der Waals surface area contributed by atoms with Gasteiger partial charge in [0.1, 0.15) is 0 Å². The van der Waals surface area contributed by atoms with Crippen LogP contribution in [0.1, 0.15) is 5.56 Å². The monoisotopic (exact) mass is 699 g/mol. The topological polar surface area (TPSA) is 42.9 Å². The van der Waals surface area contributed by atoms with E-state index in [1.165, 1.54) is 32.6 Å². The Labute approximate surface area is 316 Å². The fourth-order valence-corrected chi connectivity index (χ4v) is 8.84. The fraction of sp³-hybridized carbons (Fsp3) is 0. The molecule has 5 nitrogen and oxygen atoms in total. The third kappa shape index (κ3) is 4.39. The molecule has 254 valence electrons. The summed E-state index contributed by atoms with van der Waals surface area (Å²) in [4.78, 5) is 3.74. The molecule has 55 heavy (non-hydrogen) atoms. The molecule has 3 heterocycles. The Balaban J connectivity index is 1.13. The molecule has 0 atom stereocenters. The SMILES string of the molecule is [C-]#[N+]c1ccc2c3ccccc3n(-c3cccc(C#N)c3-c3ccc(-n4c5ccccc5c5c(-n6c7ccccc7c7ccccc76)cccc54)cc3)c2c1. The Hall–Kier alpha value is -7.86. The maximum Gasteiger partial charge on any atom is 0.189 e. The summed E-state index contributed by atoms with van der Waals surface area (Å²) in [6, 6.07) is 63.7. The molecule has 0 aliphatic heterocycles. The molecule has 0 spiro atoms. The zero-order chi connectivity index (χ0) is 36.6. The standard InChI is InChI=1S/C50H29N5/c1-52-34-26-29-39-38-15-4-8-19-43(38)55(48(39)30-34)45-21-10-12-33(31-51)49(45)32-24-27-35(28-25-32)53-44-20-9-5-16-40(44)50-46(53)22-11-23-47(50)54-41-17-6-2-13-36(41)37-14-3-7-18-42(37)54/h2-30H. The first kappa shape index (κ1) is 30.7. The molecular formula is C50H29N5. The summed E-state index contributed by atoms with van der Waals surface area (Å²) in [7, 11) is 0. The largest absolute Gasteiger partial charge is 0.310 e. The van der Waals surface area contributed by atoms with Gasteiger partial charge in [-0.1, -0.05) is 109 Å². The third-order valence-electron chi connectivity index (χ3n) is 11.1. The number of hydrogen-bond donors (Lipinski definition) is 0. The fourth-order valence-electron chi connectivity index (χ4n) is 8.84. The minimum atomic E-state index is 0.575. The molecule has 0 aliphatic carbocycles. The summed E-state index contributed by atoms with van der Waals surface area (Å²) < 4.78 is 6.96. The van der Waals surface area contributed by atoms with Crippen LogP contribution < -0.4 is 0 Å². The predicted octanol–water partition coefficient (Wildman–Crippen LogP) is 13.1. The van der Waals surface area contributed by atoms with E-state index in [2.05, 4.69) is 158 Å². The van der Waals surface area contributed by atoms with Crippen LogP contribution in [0.2, 0.25) is 0 Å². The lowest BCUT2D eigenvalue weighted by Crippen LogP contribution is -2.00. The Morgan fingerprint density at radius 2 is 0.945 bits per heavy atom. The Bertz CT molecular complexity index is 3400. The van der Waals surface area contributed by atoms with Gasteiger partial charge in [0.25, 0.3) is 0 Å². The van der Waals surface area contributed by atoms with E-state index in [0.717, 1.165) is 61.0 Å². The summed E-state index contributed by atoms with van der Waals surface area (Å²) in [5.74, 6) is 0. The lowest BCUT2D eigenvalue weighted by molar-refractivity contribution is 1.16. The molecule has 3 aromatic heterocycles.